The van der Waals surface area contributed by atoms with Crippen LogP contribution in [0.2, 0.25) is 5.04 Å². The van der Waals surface area contributed by atoms with E-state index < -0.39 is 25.7 Å². The molecule has 1 aliphatic rings. The molecular formula is C43H68N2O5Si. The van der Waals surface area contributed by atoms with Crippen molar-refractivity contribution < 1.29 is 23.5 Å². The molecule has 0 bridgehead atoms. The smallest absolute Gasteiger partial charge is 0.412 e. The number of amides is 2. The van der Waals surface area contributed by atoms with Crippen molar-refractivity contribution in [1.29, 1.82) is 0 Å². The minimum atomic E-state index is -2.71. The van der Waals surface area contributed by atoms with Gasteiger partial charge < -0.3 is 19.2 Å². The summed E-state index contributed by atoms with van der Waals surface area (Å²) in [6.07, 6.45) is 7.82. The summed E-state index contributed by atoms with van der Waals surface area (Å²) in [7, 11) is -2.71. The number of hydrogen-bond donors (Lipinski definition) is 1. The molecule has 1 heterocycles. The van der Waals surface area contributed by atoms with Crippen molar-refractivity contribution >= 4 is 30.7 Å². The van der Waals surface area contributed by atoms with E-state index in [9.17, 15) is 9.59 Å². The van der Waals surface area contributed by atoms with E-state index in [1.165, 1.54) is 10.4 Å². The Labute approximate surface area is 311 Å². The van der Waals surface area contributed by atoms with Gasteiger partial charge in [0.05, 0.1) is 12.1 Å². The van der Waals surface area contributed by atoms with E-state index in [2.05, 4.69) is 114 Å². The van der Waals surface area contributed by atoms with Crippen LogP contribution in [-0.4, -0.2) is 61.8 Å². The van der Waals surface area contributed by atoms with E-state index in [4.69, 9.17) is 13.9 Å². The van der Waals surface area contributed by atoms with E-state index in [0.29, 0.717) is 32.4 Å². The highest BCUT2D eigenvalue weighted by Crippen LogP contribution is 2.43. The molecule has 1 fully saturated rings. The predicted octanol–water partition coefficient (Wildman–Crippen LogP) is 9.00. The summed E-state index contributed by atoms with van der Waals surface area (Å²) < 4.78 is 20.1. The summed E-state index contributed by atoms with van der Waals surface area (Å²) in [5, 5.41) is 5.54. The van der Waals surface area contributed by atoms with Gasteiger partial charge in [-0.25, -0.2) is 4.79 Å². The van der Waals surface area contributed by atoms with Crippen LogP contribution in [0.1, 0.15) is 122 Å². The highest BCUT2D eigenvalue weighted by Gasteiger charge is 2.54. The quantitative estimate of drug-likeness (QED) is 0.106. The number of unbranched alkanes of at least 4 members (excludes halogenated alkanes) is 1. The Balaban J connectivity index is 1.96. The molecule has 3 rings (SSSR count). The molecule has 2 aromatic carbocycles. The Kier molecular flexibility index (Phi) is 14.8. The largest absolute Gasteiger partial charge is 0.444 e. The average molecular weight is 721 g/mol. The van der Waals surface area contributed by atoms with Crippen LogP contribution in [0.4, 0.5) is 4.79 Å². The second kappa shape index (κ2) is 17.7. The van der Waals surface area contributed by atoms with E-state index in [0.717, 1.165) is 19.3 Å². The summed E-state index contributed by atoms with van der Waals surface area (Å²) in [5.74, 6) is -0.239. The summed E-state index contributed by atoms with van der Waals surface area (Å²) in [6.45, 7) is 26.3. The molecule has 0 unspecified atom stereocenters. The fourth-order valence-corrected chi connectivity index (χ4v) is 12.1. The van der Waals surface area contributed by atoms with Crippen molar-refractivity contribution in [2.75, 3.05) is 13.2 Å². The third-order valence-electron chi connectivity index (χ3n) is 10.0. The molecule has 1 N–H and O–H groups in total. The molecule has 0 saturated carbocycles. The number of rotatable bonds is 16. The molecule has 0 spiro atoms. The molecule has 51 heavy (non-hydrogen) atoms. The number of benzene rings is 2. The number of carbonyl (C=O) groups is 2. The van der Waals surface area contributed by atoms with Gasteiger partial charge in [0.15, 0.2) is 0 Å². The van der Waals surface area contributed by atoms with E-state index in [-0.39, 0.29) is 34.4 Å². The molecule has 3 atom stereocenters. The van der Waals surface area contributed by atoms with Gasteiger partial charge in [0.2, 0.25) is 5.91 Å². The van der Waals surface area contributed by atoms with Crippen LogP contribution >= 0.6 is 0 Å². The minimum Gasteiger partial charge on any atom is -0.444 e. The molecule has 1 saturated heterocycles. The van der Waals surface area contributed by atoms with E-state index >= 15 is 0 Å². The Morgan fingerprint density at radius 2 is 1.53 bits per heavy atom. The van der Waals surface area contributed by atoms with Crippen LogP contribution in [0, 0.1) is 11.3 Å². The molecule has 284 valence electrons. The molecule has 2 aromatic rings. The number of ether oxygens (including phenoxy) is 2. The number of nitrogens with zero attached hydrogens (tertiary/aromatic N) is 1. The highest BCUT2D eigenvalue weighted by atomic mass is 28.4. The second-order valence-electron chi connectivity index (χ2n) is 17.5. The van der Waals surface area contributed by atoms with Gasteiger partial charge in [-0.3, -0.25) is 9.69 Å². The van der Waals surface area contributed by atoms with Gasteiger partial charge >= 0.3 is 6.09 Å². The van der Waals surface area contributed by atoms with Crippen LogP contribution in [0.25, 0.3) is 0 Å². The fraction of sp³-hybridized carbons (Fsp3) is 0.628. The van der Waals surface area contributed by atoms with E-state index in [1.54, 1.807) is 4.90 Å². The van der Waals surface area contributed by atoms with E-state index in [1.807, 2.05) is 47.6 Å². The van der Waals surface area contributed by atoms with Gasteiger partial charge in [0, 0.05) is 19.1 Å². The normalized spacial score (nSPS) is 18.9. The maximum absolute atomic E-state index is 14.0. The maximum Gasteiger partial charge on any atom is 0.412 e. The third kappa shape index (κ3) is 11.3. The Bertz CT molecular complexity index is 1370. The SMILES string of the molecule is CC=CC[C@H](C[C@@H]1OC(C)(C)N(C(=O)OC(C)(C)C)[C@H]1CC(C)(C)CCO[Si](c1ccccc1)(c1ccccc1)C(C)(C)C)C(=O)NCCCC. The molecule has 2 amide bonds. The van der Waals surface area contributed by atoms with Gasteiger partial charge in [-0.05, 0) is 94.5 Å². The molecule has 0 aromatic heterocycles. The van der Waals surface area contributed by atoms with Crippen molar-refractivity contribution in [2.24, 2.45) is 11.3 Å². The zero-order valence-electron chi connectivity index (χ0n) is 33.8. The van der Waals surface area contributed by atoms with Crippen LogP contribution in [0.15, 0.2) is 72.8 Å². The first-order valence-corrected chi connectivity index (χ1v) is 21.0. The molecule has 0 radical (unpaired) electrons. The lowest BCUT2D eigenvalue weighted by Crippen LogP contribution is -2.66. The Hall–Kier alpha value is -2.94. The zero-order valence-corrected chi connectivity index (χ0v) is 34.8. The standard InChI is InChI=1S/C43H68N2O5Si/c1-13-15-23-33(38(46)44-29-16-14-2)31-37-36(45(43(11,12)49-37)39(47)50-40(3,4)5)32-42(9,10)28-30-48-51(41(6,7)8,34-24-19-17-20-25-34)35-26-21-18-22-27-35/h13,15,17-22,24-27,33,36-37H,14,16,23,28-32H2,1-12H3,(H,44,46)/t33-,36+,37+/m1/s1. The van der Waals surface area contributed by atoms with Crippen LogP contribution < -0.4 is 15.7 Å². The van der Waals surface area contributed by atoms with Crippen LogP contribution in [0.3, 0.4) is 0 Å². The van der Waals surface area contributed by atoms with Crippen molar-refractivity contribution in [3.05, 3.63) is 72.8 Å². The first-order chi connectivity index (χ1) is 23.8. The van der Waals surface area contributed by atoms with Crippen LogP contribution in [0.5, 0.6) is 0 Å². The lowest BCUT2D eigenvalue weighted by atomic mass is 9.79. The third-order valence-corrected chi connectivity index (χ3v) is 15.1. The summed E-state index contributed by atoms with van der Waals surface area (Å²) in [6, 6.07) is 21.2. The first-order valence-electron chi connectivity index (χ1n) is 19.1. The summed E-state index contributed by atoms with van der Waals surface area (Å²) in [4.78, 5) is 29.3. The average Bonchev–Trinajstić information content (AvgIpc) is 3.28. The lowest BCUT2D eigenvalue weighted by molar-refractivity contribution is -0.127. The summed E-state index contributed by atoms with van der Waals surface area (Å²) in [5.41, 5.74) is -1.81. The van der Waals surface area contributed by atoms with Crippen molar-refractivity contribution in [2.45, 2.75) is 150 Å². The Morgan fingerprint density at radius 1 is 0.961 bits per heavy atom. The zero-order chi connectivity index (χ0) is 38.1. The number of allylic oxidation sites excluding steroid dienone is 2. The topological polar surface area (TPSA) is 77.1 Å². The van der Waals surface area contributed by atoms with Crippen molar-refractivity contribution in [3.8, 4) is 0 Å². The highest BCUT2D eigenvalue weighted by molar-refractivity contribution is 6.99. The van der Waals surface area contributed by atoms with Crippen molar-refractivity contribution in [1.82, 2.24) is 10.2 Å². The fourth-order valence-electron chi connectivity index (χ4n) is 7.50. The Morgan fingerprint density at radius 3 is 2.02 bits per heavy atom. The molecule has 8 heteroatoms. The van der Waals surface area contributed by atoms with Crippen molar-refractivity contribution in [3.63, 3.8) is 0 Å². The molecule has 1 aliphatic heterocycles. The van der Waals surface area contributed by atoms with Gasteiger partial charge in [-0.1, -0.05) is 121 Å². The number of hydrogen-bond acceptors (Lipinski definition) is 5. The second-order valence-corrected chi connectivity index (χ2v) is 21.8. The summed E-state index contributed by atoms with van der Waals surface area (Å²) >= 11 is 0. The number of carbonyl (C=O) groups excluding carboxylic acids is 2. The molecule has 0 aliphatic carbocycles. The first kappa shape index (κ1) is 42.5. The van der Waals surface area contributed by atoms with Gasteiger partial charge in [-0.2, -0.15) is 0 Å². The lowest BCUT2D eigenvalue weighted by Gasteiger charge is -2.44. The van der Waals surface area contributed by atoms with Gasteiger partial charge in [0.25, 0.3) is 8.32 Å². The molecule has 7 nitrogen and oxygen atoms in total. The minimum absolute atomic E-state index is 0.0374. The van der Waals surface area contributed by atoms with Gasteiger partial charge in [-0.15, -0.1) is 0 Å². The maximum atomic E-state index is 14.0. The number of nitrogens with one attached hydrogen (secondary N) is 1. The monoisotopic (exact) mass is 720 g/mol. The molecular weight excluding hydrogens is 653 g/mol. The van der Waals surface area contributed by atoms with Crippen LogP contribution in [-0.2, 0) is 18.7 Å². The van der Waals surface area contributed by atoms with Gasteiger partial charge in [0.1, 0.15) is 11.3 Å². The predicted molar refractivity (Wildman–Crippen MR) is 213 cm³/mol.